The van der Waals surface area contributed by atoms with Crippen molar-refractivity contribution in [2.24, 2.45) is 56.2 Å². The third kappa shape index (κ3) is 20.0. The van der Waals surface area contributed by atoms with E-state index in [0.717, 1.165) is 5.56 Å². The summed E-state index contributed by atoms with van der Waals surface area (Å²) in [5.74, 6) is -6.08. The second kappa shape index (κ2) is 30.0. The van der Waals surface area contributed by atoms with Crippen LogP contribution in [-0.4, -0.2) is 156 Å². The van der Waals surface area contributed by atoms with Crippen LogP contribution in [0.25, 0.3) is 0 Å². The number of guanidine groups is 2. The van der Waals surface area contributed by atoms with Crippen LogP contribution in [0.5, 0.6) is 0 Å². The summed E-state index contributed by atoms with van der Waals surface area (Å²) < 4.78 is 0. The molecule has 0 radical (unpaired) electrons. The molecule has 0 bridgehead atoms. The molecule has 25 heteroatoms. The molecule has 9 amide bonds. The number of hydrogen-bond acceptors (Lipinski definition) is 12. The minimum Gasteiger partial charge on any atom is -0.370 e. The highest BCUT2D eigenvalue weighted by Crippen LogP contribution is 2.23. The largest absolute Gasteiger partial charge is 0.370 e. The van der Waals surface area contributed by atoms with Gasteiger partial charge in [-0.3, -0.25) is 53.1 Å². The number of rotatable bonds is 29. The number of carbonyl (C=O) groups is 9. The van der Waals surface area contributed by atoms with Gasteiger partial charge < -0.3 is 76.1 Å². The van der Waals surface area contributed by atoms with Crippen LogP contribution in [0, 0.1) is 11.8 Å². The lowest BCUT2D eigenvalue weighted by atomic mass is 10.0. The maximum Gasteiger partial charge on any atom is 0.245 e. The predicted octanol–water partition coefficient (Wildman–Crippen LogP) is -3.61. The Morgan fingerprint density at radius 1 is 0.611 bits per heavy atom. The summed E-state index contributed by atoms with van der Waals surface area (Å²) in [4.78, 5) is 132. The molecule has 0 aliphatic carbocycles. The van der Waals surface area contributed by atoms with E-state index < -0.39 is 102 Å². The second-order valence-electron chi connectivity index (χ2n) is 19.0. The fourth-order valence-corrected chi connectivity index (χ4v) is 8.57. The van der Waals surface area contributed by atoms with Crippen LogP contribution < -0.4 is 66.3 Å². The Kier molecular flexibility index (Phi) is 24.7. The van der Waals surface area contributed by atoms with Crippen LogP contribution in [0.4, 0.5) is 0 Å². The highest BCUT2D eigenvalue weighted by atomic mass is 16.2. The van der Waals surface area contributed by atoms with Crippen molar-refractivity contribution >= 4 is 65.1 Å². The summed E-state index contributed by atoms with van der Waals surface area (Å²) in [6, 6.07) is 1.30. The maximum absolute atomic E-state index is 14.5. The molecule has 400 valence electrons. The van der Waals surface area contributed by atoms with Crippen molar-refractivity contribution in [3.63, 3.8) is 0 Å². The van der Waals surface area contributed by atoms with E-state index >= 15 is 0 Å². The van der Waals surface area contributed by atoms with Gasteiger partial charge in [-0.05, 0) is 81.6 Å². The zero-order valence-electron chi connectivity index (χ0n) is 42.0. The monoisotopic (exact) mass is 1010 g/mol. The van der Waals surface area contributed by atoms with Gasteiger partial charge in [-0.25, -0.2) is 0 Å². The van der Waals surface area contributed by atoms with Crippen molar-refractivity contribution in [2.75, 3.05) is 39.3 Å². The summed E-state index contributed by atoms with van der Waals surface area (Å²) in [7, 11) is 0. The first-order valence-electron chi connectivity index (χ1n) is 24.6. The number of hydrogen-bond donors (Lipinski definition) is 12. The molecule has 2 aliphatic rings. The highest BCUT2D eigenvalue weighted by Gasteiger charge is 2.41. The molecule has 2 heterocycles. The minimum absolute atomic E-state index is 0.0334. The summed E-state index contributed by atoms with van der Waals surface area (Å²) >= 11 is 0. The fourth-order valence-electron chi connectivity index (χ4n) is 8.57. The molecule has 2 aliphatic heterocycles. The number of nitrogens with one attached hydrogen (secondary N) is 6. The molecule has 25 nitrogen and oxygen atoms in total. The van der Waals surface area contributed by atoms with Crippen molar-refractivity contribution in [1.29, 1.82) is 0 Å². The number of nitrogens with two attached hydrogens (primary N) is 6. The van der Waals surface area contributed by atoms with Crippen LogP contribution in [0.1, 0.15) is 97.5 Å². The lowest BCUT2D eigenvalue weighted by Crippen LogP contribution is -2.59. The van der Waals surface area contributed by atoms with E-state index in [0.29, 0.717) is 19.3 Å². The minimum atomic E-state index is -1.20. The molecule has 7 atom stereocenters. The van der Waals surface area contributed by atoms with Gasteiger partial charge in [0.25, 0.3) is 0 Å². The molecule has 0 saturated carbocycles. The molecule has 72 heavy (non-hydrogen) atoms. The highest BCUT2D eigenvalue weighted by molar-refractivity contribution is 5.98. The molecular formula is C47H78N16O9. The normalized spacial score (nSPS) is 17.4. The summed E-state index contributed by atoms with van der Waals surface area (Å²) in [5.41, 5.74) is 33.9. The van der Waals surface area contributed by atoms with Gasteiger partial charge in [0.05, 0.1) is 13.1 Å². The van der Waals surface area contributed by atoms with E-state index in [9.17, 15) is 43.2 Å². The molecule has 3 rings (SSSR count). The van der Waals surface area contributed by atoms with Crippen LogP contribution in [0.3, 0.4) is 0 Å². The van der Waals surface area contributed by atoms with Crippen molar-refractivity contribution in [2.45, 2.75) is 141 Å². The van der Waals surface area contributed by atoms with Crippen molar-refractivity contribution in [1.82, 2.24) is 41.7 Å². The Labute approximate surface area is 420 Å². The number of likely N-dealkylation sites (tertiary alicyclic amines) is 2. The van der Waals surface area contributed by atoms with Crippen molar-refractivity contribution < 1.29 is 43.2 Å². The van der Waals surface area contributed by atoms with Crippen molar-refractivity contribution in [3.05, 3.63) is 35.9 Å². The number of benzene rings is 1. The van der Waals surface area contributed by atoms with Gasteiger partial charge in [0, 0.05) is 32.6 Å². The number of primary amides is 1. The molecule has 0 spiro atoms. The van der Waals surface area contributed by atoms with E-state index in [-0.39, 0.29) is 108 Å². The molecule has 18 N–H and O–H groups in total. The van der Waals surface area contributed by atoms with E-state index in [1.54, 1.807) is 30.3 Å². The summed E-state index contributed by atoms with van der Waals surface area (Å²) in [6.45, 7) is 7.28. The predicted molar refractivity (Wildman–Crippen MR) is 269 cm³/mol. The fraction of sp³-hybridized carbons (Fsp3) is 0.638. The lowest BCUT2D eigenvalue weighted by molar-refractivity contribution is -0.144. The number of carbonyl (C=O) groups excluding carboxylic acids is 9. The number of nitrogens with zero attached hydrogens (tertiary/aromatic N) is 4. The second-order valence-corrected chi connectivity index (χ2v) is 19.0. The van der Waals surface area contributed by atoms with Gasteiger partial charge >= 0.3 is 0 Å². The quantitative estimate of drug-likeness (QED) is 0.0210. The first-order chi connectivity index (χ1) is 34.1. The van der Waals surface area contributed by atoms with E-state index in [1.165, 1.54) is 9.80 Å². The lowest BCUT2D eigenvalue weighted by Gasteiger charge is -2.32. The van der Waals surface area contributed by atoms with Crippen LogP contribution in [0.15, 0.2) is 40.3 Å². The standard InChI is InChI=1S/C47H78N16O9/c1-27(2)22-33(57-37(64)25-48)40(67)56-26-38(65)62-20-10-16-35(62)43(70)59-31(15-9-19-55-47(52)53)45(72)63-21-11-17-36(63)44(71)61-34(23-28(3)4)42(69)58-30(14-8-18-54-46(50)51)41(68)60-32(39(49)66)24-29-12-6-5-7-13-29/h5-7,12-13,27-28,30-36H,8-11,14-26,48H2,1-4H3,(H2,49,66)(H,56,67)(H,57,64)(H,58,69)(H,59,70)(H,60,68)(H,61,71)(H4,50,51,54)(H4,52,53,55)/t30-,31-,32-,33-,34-,35-,36-/m0/s1. The molecule has 0 aromatic heterocycles. The average molecular weight is 1010 g/mol. The Hall–Kier alpha value is -7.05. The molecule has 1 aromatic carbocycles. The summed E-state index contributed by atoms with van der Waals surface area (Å²) in [6.07, 6.45) is 2.55. The van der Waals surface area contributed by atoms with Crippen LogP contribution in [-0.2, 0) is 49.6 Å². The first kappa shape index (κ1) is 59.3. The van der Waals surface area contributed by atoms with Gasteiger partial charge in [-0.1, -0.05) is 58.0 Å². The topological polar surface area (TPSA) is 413 Å². The smallest absolute Gasteiger partial charge is 0.245 e. The number of amides is 9. The van der Waals surface area contributed by atoms with Gasteiger partial charge in [0.1, 0.15) is 42.3 Å². The van der Waals surface area contributed by atoms with Crippen LogP contribution >= 0.6 is 0 Å². The Balaban J connectivity index is 1.80. The van der Waals surface area contributed by atoms with Gasteiger partial charge in [0.2, 0.25) is 53.2 Å². The first-order valence-corrected chi connectivity index (χ1v) is 24.6. The molecule has 2 fully saturated rings. The molecule has 0 unspecified atom stereocenters. The summed E-state index contributed by atoms with van der Waals surface area (Å²) in [5, 5.41) is 16.2. The Bertz CT molecular complexity index is 2080. The third-order valence-corrected chi connectivity index (χ3v) is 12.1. The van der Waals surface area contributed by atoms with E-state index in [2.05, 4.69) is 41.9 Å². The third-order valence-electron chi connectivity index (χ3n) is 12.1. The van der Waals surface area contributed by atoms with Gasteiger partial charge in [0.15, 0.2) is 11.9 Å². The van der Waals surface area contributed by atoms with Gasteiger partial charge in [-0.2, -0.15) is 0 Å². The Morgan fingerprint density at radius 3 is 1.62 bits per heavy atom. The van der Waals surface area contributed by atoms with Crippen molar-refractivity contribution in [3.8, 4) is 0 Å². The Morgan fingerprint density at radius 2 is 1.10 bits per heavy atom. The molecular weight excluding hydrogens is 933 g/mol. The van der Waals surface area contributed by atoms with Crippen LogP contribution in [0.2, 0.25) is 0 Å². The average Bonchev–Trinajstić information content (AvgIpc) is 4.03. The van der Waals surface area contributed by atoms with E-state index in [4.69, 9.17) is 34.4 Å². The molecule has 2 saturated heterocycles. The van der Waals surface area contributed by atoms with Gasteiger partial charge in [-0.15, -0.1) is 0 Å². The SMILES string of the molecule is CC(C)C[C@H](NC(=O)CN)C(=O)NCC(=O)N1CCC[C@H]1C(=O)N[C@@H](CCCN=C(N)N)C(=O)N1CCC[C@H]1C(=O)N[C@@H](CC(C)C)C(=O)N[C@@H](CCCN=C(N)N)C(=O)N[C@@H](Cc1ccccc1)C(N)=O. The zero-order valence-corrected chi connectivity index (χ0v) is 42.0. The number of aliphatic imine (C=N–C) groups is 2. The van der Waals surface area contributed by atoms with E-state index in [1.807, 2.05) is 27.7 Å². The zero-order chi connectivity index (χ0) is 53.5. The molecule has 1 aromatic rings. The maximum atomic E-state index is 14.5.